The van der Waals surface area contributed by atoms with Crippen molar-refractivity contribution in [1.82, 2.24) is 19.9 Å². The molecule has 2 aromatic rings. The molecule has 0 fully saturated rings. The van der Waals surface area contributed by atoms with Crippen LogP contribution in [0.2, 0.25) is 5.28 Å². The molecule has 0 atom stereocenters. The predicted molar refractivity (Wildman–Crippen MR) is 77.9 cm³/mol. The lowest BCUT2D eigenvalue weighted by atomic mass is 10.1. The molecule has 0 spiro atoms. The molecule has 0 amide bonds. The molecule has 0 bridgehead atoms. The molecule has 19 heavy (non-hydrogen) atoms. The van der Waals surface area contributed by atoms with Gasteiger partial charge in [-0.05, 0) is 25.4 Å². The number of thiazole rings is 1. The van der Waals surface area contributed by atoms with E-state index in [0.717, 1.165) is 5.01 Å². The highest BCUT2D eigenvalue weighted by molar-refractivity contribution is 7.09. The number of rotatable bonds is 4. The second-order valence-electron chi connectivity index (χ2n) is 4.71. The molecule has 1 N–H and O–H groups in total. The number of hydrogen-bond acceptors (Lipinski definition) is 7. The van der Waals surface area contributed by atoms with Crippen LogP contribution in [0.15, 0.2) is 11.6 Å². The highest BCUT2D eigenvalue weighted by Crippen LogP contribution is 2.26. The van der Waals surface area contributed by atoms with Gasteiger partial charge in [-0.15, -0.1) is 11.3 Å². The third-order valence-corrected chi connectivity index (χ3v) is 3.65. The van der Waals surface area contributed by atoms with Crippen LogP contribution in [0, 0.1) is 0 Å². The fourth-order valence-electron chi connectivity index (χ4n) is 1.46. The summed E-state index contributed by atoms with van der Waals surface area (Å²) in [6.07, 6.45) is 1.77. The summed E-state index contributed by atoms with van der Waals surface area (Å²) in [4.78, 5) is 18.5. The summed E-state index contributed by atoms with van der Waals surface area (Å²) in [6.45, 7) is 4.03. The van der Waals surface area contributed by atoms with Crippen molar-refractivity contribution in [1.29, 1.82) is 0 Å². The van der Waals surface area contributed by atoms with E-state index in [4.69, 9.17) is 11.6 Å². The van der Waals surface area contributed by atoms with E-state index in [1.807, 2.05) is 33.3 Å². The second-order valence-corrected chi connectivity index (χ2v) is 5.94. The maximum Gasteiger partial charge on any atom is 0.230 e. The average molecular weight is 299 g/mol. The van der Waals surface area contributed by atoms with Crippen molar-refractivity contribution in [2.75, 3.05) is 24.3 Å². The van der Waals surface area contributed by atoms with Gasteiger partial charge in [-0.3, -0.25) is 0 Å². The van der Waals surface area contributed by atoms with Crippen LogP contribution < -0.4 is 10.2 Å². The third kappa shape index (κ3) is 3.30. The van der Waals surface area contributed by atoms with E-state index in [9.17, 15) is 0 Å². The SMILES string of the molecule is CN(C)c1nc(Cl)nc(NC(C)(C)c2nccs2)n1. The molecule has 102 valence electrons. The van der Waals surface area contributed by atoms with Crippen molar-refractivity contribution in [3.05, 3.63) is 21.9 Å². The zero-order chi connectivity index (χ0) is 14.0. The molecular formula is C11H15ClN6S. The molecule has 0 aliphatic rings. The van der Waals surface area contributed by atoms with E-state index in [-0.39, 0.29) is 10.8 Å². The minimum absolute atomic E-state index is 0.163. The monoisotopic (exact) mass is 298 g/mol. The van der Waals surface area contributed by atoms with Crippen molar-refractivity contribution < 1.29 is 0 Å². The first kappa shape index (κ1) is 14.0. The number of halogens is 1. The first-order valence-electron chi connectivity index (χ1n) is 5.65. The Bertz CT molecular complexity index is 554. The van der Waals surface area contributed by atoms with Crippen molar-refractivity contribution in [2.45, 2.75) is 19.4 Å². The van der Waals surface area contributed by atoms with Gasteiger partial charge in [-0.2, -0.15) is 15.0 Å². The van der Waals surface area contributed by atoms with Gasteiger partial charge in [0.25, 0.3) is 0 Å². The lowest BCUT2D eigenvalue weighted by Gasteiger charge is -2.24. The Balaban J connectivity index is 2.28. The number of nitrogens with zero attached hydrogens (tertiary/aromatic N) is 5. The van der Waals surface area contributed by atoms with E-state index < -0.39 is 0 Å². The Morgan fingerprint density at radius 3 is 2.58 bits per heavy atom. The predicted octanol–water partition coefficient (Wildman–Crippen LogP) is 2.39. The highest BCUT2D eigenvalue weighted by Gasteiger charge is 2.24. The second kappa shape index (κ2) is 5.26. The normalized spacial score (nSPS) is 11.4. The number of aromatic nitrogens is 4. The lowest BCUT2D eigenvalue weighted by molar-refractivity contribution is 0.596. The summed E-state index contributed by atoms with van der Waals surface area (Å²) in [7, 11) is 3.70. The summed E-state index contributed by atoms with van der Waals surface area (Å²) in [5.74, 6) is 0.946. The third-order valence-electron chi connectivity index (χ3n) is 2.39. The molecule has 0 aliphatic carbocycles. The van der Waals surface area contributed by atoms with Crippen LogP contribution in [0.5, 0.6) is 0 Å². The van der Waals surface area contributed by atoms with Gasteiger partial charge >= 0.3 is 0 Å². The molecule has 0 aliphatic heterocycles. The van der Waals surface area contributed by atoms with Gasteiger partial charge in [0.2, 0.25) is 17.2 Å². The Kier molecular flexibility index (Phi) is 3.86. The van der Waals surface area contributed by atoms with Crippen LogP contribution in [-0.2, 0) is 5.54 Å². The molecule has 8 heteroatoms. The molecule has 2 rings (SSSR count). The van der Waals surface area contributed by atoms with Gasteiger partial charge in [-0.1, -0.05) is 0 Å². The Hall–Kier alpha value is -1.47. The quantitative estimate of drug-likeness (QED) is 0.935. The smallest absolute Gasteiger partial charge is 0.230 e. The maximum absolute atomic E-state index is 5.91. The fourth-order valence-corrected chi connectivity index (χ4v) is 2.33. The number of anilines is 2. The number of hydrogen-bond donors (Lipinski definition) is 1. The van der Waals surface area contributed by atoms with Crippen LogP contribution in [0.3, 0.4) is 0 Å². The van der Waals surface area contributed by atoms with Crippen molar-refractivity contribution in [3.8, 4) is 0 Å². The van der Waals surface area contributed by atoms with Crippen molar-refractivity contribution in [3.63, 3.8) is 0 Å². The standard InChI is InChI=1S/C11H15ClN6S/c1-11(2,7-13-5-6-19-7)17-9-14-8(12)15-10(16-9)18(3)4/h5-6H,1-4H3,(H,14,15,16,17). The van der Waals surface area contributed by atoms with Crippen LogP contribution in [0.4, 0.5) is 11.9 Å². The van der Waals surface area contributed by atoms with Crippen LogP contribution in [0.1, 0.15) is 18.9 Å². The topological polar surface area (TPSA) is 66.8 Å². The zero-order valence-corrected chi connectivity index (χ0v) is 12.7. The number of nitrogens with one attached hydrogen (secondary N) is 1. The Morgan fingerprint density at radius 2 is 2.00 bits per heavy atom. The largest absolute Gasteiger partial charge is 0.347 e. The summed E-state index contributed by atoms with van der Waals surface area (Å²) in [5.41, 5.74) is -0.373. The van der Waals surface area contributed by atoms with Gasteiger partial charge in [0.1, 0.15) is 5.01 Å². The maximum atomic E-state index is 5.91. The Labute approximate surface area is 120 Å². The van der Waals surface area contributed by atoms with E-state index in [1.165, 1.54) is 0 Å². The summed E-state index contributed by atoms with van der Waals surface area (Å²) in [6, 6.07) is 0. The molecule has 0 aromatic carbocycles. The van der Waals surface area contributed by atoms with Crippen molar-refractivity contribution >= 4 is 34.8 Å². The van der Waals surface area contributed by atoms with E-state index in [2.05, 4.69) is 25.3 Å². The minimum Gasteiger partial charge on any atom is -0.347 e. The van der Waals surface area contributed by atoms with Crippen molar-refractivity contribution in [2.24, 2.45) is 0 Å². The van der Waals surface area contributed by atoms with Gasteiger partial charge in [-0.25, -0.2) is 4.98 Å². The molecule has 6 nitrogen and oxygen atoms in total. The Morgan fingerprint density at radius 1 is 1.26 bits per heavy atom. The summed E-state index contributed by atoms with van der Waals surface area (Å²) < 4.78 is 0. The van der Waals surface area contributed by atoms with E-state index in [1.54, 1.807) is 22.4 Å². The molecule has 2 heterocycles. The first-order chi connectivity index (χ1) is 8.88. The summed E-state index contributed by atoms with van der Waals surface area (Å²) >= 11 is 7.48. The molecular weight excluding hydrogens is 284 g/mol. The summed E-state index contributed by atoms with van der Waals surface area (Å²) in [5, 5.41) is 6.28. The van der Waals surface area contributed by atoms with Crippen LogP contribution >= 0.6 is 22.9 Å². The highest BCUT2D eigenvalue weighted by atomic mass is 35.5. The van der Waals surface area contributed by atoms with E-state index >= 15 is 0 Å². The van der Waals surface area contributed by atoms with Crippen LogP contribution in [0.25, 0.3) is 0 Å². The average Bonchev–Trinajstić information content (AvgIpc) is 2.81. The first-order valence-corrected chi connectivity index (χ1v) is 6.91. The van der Waals surface area contributed by atoms with Gasteiger partial charge in [0.05, 0.1) is 5.54 Å². The van der Waals surface area contributed by atoms with Gasteiger partial charge in [0, 0.05) is 25.7 Å². The molecule has 0 saturated carbocycles. The minimum atomic E-state index is -0.373. The molecule has 0 unspecified atom stereocenters. The molecule has 2 aromatic heterocycles. The molecule has 0 radical (unpaired) electrons. The van der Waals surface area contributed by atoms with Crippen LogP contribution in [-0.4, -0.2) is 34.0 Å². The molecule has 0 saturated heterocycles. The lowest BCUT2D eigenvalue weighted by Crippen LogP contribution is -2.29. The van der Waals surface area contributed by atoms with Gasteiger partial charge in [0.15, 0.2) is 0 Å². The fraction of sp³-hybridized carbons (Fsp3) is 0.455. The van der Waals surface area contributed by atoms with Gasteiger partial charge < -0.3 is 10.2 Å². The zero-order valence-electron chi connectivity index (χ0n) is 11.2. The van der Waals surface area contributed by atoms with E-state index in [0.29, 0.717) is 11.9 Å².